The first-order valence-electron chi connectivity index (χ1n) is 13.3. The summed E-state index contributed by atoms with van der Waals surface area (Å²) in [6, 6.07) is 26.3. The normalized spacial score (nSPS) is 19.7. The van der Waals surface area contributed by atoms with Crippen LogP contribution in [0.2, 0.25) is 5.02 Å². The standard InChI is InChI=1S/C33H29ClN2O3S/c1-21-6-14-27(15-7-21)40(37,38)39-32-17-11-25(34)19-24(32)20-35-26-12-9-23(10-13-26)33-29-5-3-4-28(29)30-18-22(2)8-16-31(30)36-33/h3-4,6-20,28-29,33,36H,5H2,1-2H3/t28-,29+,33-/m0/s1. The van der Waals surface area contributed by atoms with E-state index < -0.39 is 10.1 Å². The van der Waals surface area contributed by atoms with Crippen LogP contribution in [0.25, 0.3) is 0 Å². The van der Waals surface area contributed by atoms with Crippen LogP contribution in [0, 0.1) is 19.8 Å². The van der Waals surface area contributed by atoms with Crippen molar-refractivity contribution in [3.05, 3.63) is 130 Å². The molecule has 1 heterocycles. The van der Waals surface area contributed by atoms with E-state index in [9.17, 15) is 8.42 Å². The molecule has 1 aliphatic heterocycles. The highest BCUT2D eigenvalue weighted by Crippen LogP contribution is 2.50. The third kappa shape index (κ3) is 5.29. The van der Waals surface area contributed by atoms with Crippen molar-refractivity contribution in [1.29, 1.82) is 0 Å². The summed E-state index contributed by atoms with van der Waals surface area (Å²) in [5.74, 6) is 1.03. The van der Waals surface area contributed by atoms with Crippen molar-refractivity contribution in [2.45, 2.75) is 37.1 Å². The number of rotatable bonds is 6. The topological polar surface area (TPSA) is 67.8 Å². The third-order valence-electron chi connectivity index (χ3n) is 7.60. The average molecular weight is 569 g/mol. The van der Waals surface area contributed by atoms with Gasteiger partial charge in [0.15, 0.2) is 5.75 Å². The van der Waals surface area contributed by atoms with E-state index in [1.54, 1.807) is 36.5 Å². The van der Waals surface area contributed by atoms with Crippen LogP contribution in [0.15, 0.2) is 107 Å². The van der Waals surface area contributed by atoms with Crippen molar-refractivity contribution in [2.75, 3.05) is 5.32 Å². The Morgan fingerprint density at radius 2 is 1.68 bits per heavy atom. The van der Waals surface area contributed by atoms with E-state index in [0.29, 0.717) is 22.4 Å². The molecule has 0 bridgehead atoms. The first-order valence-corrected chi connectivity index (χ1v) is 15.0. The van der Waals surface area contributed by atoms with Crippen LogP contribution in [0.4, 0.5) is 11.4 Å². The third-order valence-corrected chi connectivity index (χ3v) is 9.09. The molecule has 4 aromatic carbocycles. The molecule has 7 heteroatoms. The summed E-state index contributed by atoms with van der Waals surface area (Å²) < 4.78 is 31.2. The highest BCUT2D eigenvalue weighted by atomic mass is 35.5. The molecular formula is C33H29ClN2O3S. The summed E-state index contributed by atoms with van der Waals surface area (Å²) in [5.41, 5.74) is 7.22. The van der Waals surface area contributed by atoms with Crippen LogP contribution in [0.1, 0.15) is 46.2 Å². The molecule has 40 heavy (non-hydrogen) atoms. The van der Waals surface area contributed by atoms with Gasteiger partial charge in [0.1, 0.15) is 4.90 Å². The molecule has 0 spiro atoms. The molecule has 0 aromatic heterocycles. The molecule has 0 amide bonds. The van der Waals surface area contributed by atoms with E-state index in [1.165, 1.54) is 34.5 Å². The van der Waals surface area contributed by atoms with Crippen LogP contribution >= 0.6 is 11.6 Å². The Kier molecular flexibility index (Phi) is 6.99. The lowest BCUT2D eigenvalue weighted by atomic mass is 9.76. The first-order chi connectivity index (χ1) is 19.3. The molecule has 1 aliphatic carbocycles. The summed E-state index contributed by atoms with van der Waals surface area (Å²) in [6.07, 6.45) is 7.26. The highest BCUT2D eigenvalue weighted by Gasteiger charge is 2.37. The molecule has 3 atom stereocenters. The fraction of sp³-hybridized carbons (Fsp3) is 0.182. The first kappa shape index (κ1) is 26.4. The lowest BCUT2D eigenvalue weighted by Gasteiger charge is -2.37. The van der Waals surface area contributed by atoms with Gasteiger partial charge in [-0.3, -0.25) is 4.99 Å². The van der Waals surface area contributed by atoms with E-state index in [0.717, 1.165) is 17.7 Å². The Hall–Kier alpha value is -3.87. The number of halogens is 1. The number of nitrogens with one attached hydrogen (secondary N) is 1. The van der Waals surface area contributed by atoms with E-state index in [-0.39, 0.29) is 16.7 Å². The Bertz CT molecular complexity index is 1730. The molecule has 6 rings (SSSR count). The lowest BCUT2D eigenvalue weighted by Crippen LogP contribution is -2.29. The number of anilines is 1. The number of fused-ring (bicyclic) bond motifs is 3. The molecule has 2 aliphatic rings. The Balaban J connectivity index is 1.23. The Morgan fingerprint density at radius 1 is 0.925 bits per heavy atom. The molecular weight excluding hydrogens is 540 g/mol. The molecule has 0 saturated carbocycles. The molecule has 4 aromatic rings. The van der Waals surface area contributed by atoms with Crippen molar-refractivity contribution in [3.8, 4) is 5.75 Å². The van der Waals surface area contributed by atoms with Crippen LogP contribution in [0.3, 0.4) is 0 Å². The maximum Gasteiger partial charge on any atom is 0.339 e. The van der Waals surface area contributed by atoms with E-state index >= 15 is 0 Å². The van der Waals surface area contributed by atoms with Gasteiger partial charge in [0, 0.05) is 28.4 Å². The maximum absolute atomic E-state index is 12.9. The smallest absolute Gasteiger partial charge is 0.339 e. The van der Waals surface area contributed by atoms with Gasteiger partial charge in [0.05, 0.1) is 11.7 Å². The fourth-order valence-electron chi connectivity index (χ4n) is 5.52. The van der Waals surface area contributed by atoms with Gasteiger partial charge in [-0.05, 0) is 85.8 Å². The second kappa shape index (κ2) is 10.6. The minimum Gasteiger partial charge on any atom is -0.378 e. The average Bonchev–Trinajstić information content (AvgIpc) is 3.44. The quantitative estimate of drug-likeness (QED) is 0.144. The van der Waals surface area contributed by atoms with Crippen molar-refractivity contribution in [3.63, 3.8) is 0 Å². The van der Waals surface area contributed by atoms with Gasteiger partial charge in [-0.1, -0.05) is 71.3 Å². The van der Waals surface area contributed by atoms with Gasteiger partial charge in [-0.2, -0.15) is 8.42 Å². The van der Waals surface area contributed by atoms with Crippen LogP contribution in [0.5, 0.6) is 5.75 Å². The number of benzene rings is 4. The number of hydrogen-bond donors (Lipinski definition) is 1. The molecule has 1 N–H and O–H groups in total. The zero-order chi connectivity index (χ0) is 27.9. The Morgan fingerprint density at radius 3 is 2.45 bits per heavy atom. The molecule has 0 unspecified atom stereocenters. The van der Waals surface area contributed by atoms with E-state index in [2.05, 4.69) is 59.7 Å². The molecule has 0 radical (unpaired) electrons. The summed E-state index contributed by atoms with van der Waals surface area (Å²) in [5, 5.41) is 4.23. The zero-order valence-electron chi connectivity index (χ0n) is 22.2. The van der Waals surface area contributed by atoms with E-state index in [1.807, 2.05) is 19.1 Å². The van der Waals surface area contributed by atoms with E-state index in [4.69, 9.17) is 15.8 Å². The fourth-order valence-corrected chi connectivity index (χ4v) is 6.66. The predicted octanol–water partition coefficient (Wildman–Crippen LogP) is 8.30. The molecule has 0 fully saturated rings. The van der Waals surface area contributed by atoms with Gasteiger partial charge >= 0.3 is 10.1 Å². The minimum absolute atomic E-state index is 0.0836. The van der Waals surface area contributed by atoms with Gasteiger partial charge in [-0.25, -0.2) is 0 Å². The van der Waals surface area contributed by atoms with Crippen molar-refractivity contribution in [1.82, 2.24) is 0 Å². The van der Waals surface area contributed by atoms with Crippen LogP contribution in [-0.2, 0) is 10.1 Å². The predicted molar refractivity (Wildman–Crippen MR) is 162 cm³/mol. The monoisotopic (exact) mass is 568 g/mol. The van der Waals surface area contributed by atoms with Crippen LogP contribution < -0.4 is 9.50 Å². The largest absolute Gasteiger partial charge is 0.378 e. The SMILES string of the molecule is Cc1ccc(S(=O)(=O)Oc2ccc(Cl)cc2C=Nc2ccc([C@@H]3Nc4ccc(C)cc4[C@H]4C=CC[C@H]43)cc2)cc1. The van der Waals surface area contributed by atoms with Crippen molar-refractivity contribution in [2.24, 2.45) is 10.9 Å². The summed E-state index contributed by atoms with van der Waals surface area (Å²) in [6.45, 7) is 4.03. The maximum atomic E-state index is 12.9. The molecule has 202 valence electrons. The minimum atomic E-state index is -4.01. The van der Waals surface area contributed by atoms with Gasteiger partial charge < -0.3 is 9.50 Å². The second-order valence-electron chi connectivity index (χ2n) is 10.4. The summed E-state index contributed by atoms with van der Waals surface area (Å²) in [4.78, 5) is 4.68. The van der Waals surface area contributed by atoms with Gasteiger partial charge in [0.2, 0.25) is 0 Å². The molecule has 0 saturated heterocycles. The highest BCUT2D eigenvalue weighted by molar-refractivity contribution is 7.87. The second-order valence-corrected chi connectivity index (χ2v) is 12.4. The van der Waals surface area contributed by atoms with Gasteiger partial charge in [0.25, 0.3) is 0 Å². The number of nitrogens with zero attached hydrogens (tertiary/aromatic N) is 1. The summed E-state index contributed by atoms with van der Waals surface area (Å²) >= 11 is 6.22. The number of aryl methyl sites for hydroxylation is 2. The number of allylic oxidation sites excluding steroid dienone is 2. The number of aliphatic imine (C=N–C) groups is 1. The number of hydrogen-bond acceptors (Lipinski definition) is 5. The molecule has 5 nitrogen and oxygen atoms in total. The lowest BCUT2D eigenvalue weighted by molar-refractivity contribution is 0.425. The van der Waals surface area contributed by atoms with Crippen LogP contribution in [-0.4, -0.2) is 14.6 Å². The zero-order valence-corrected chi connectivity index (χ0v) is 23.8. The van der Waals surface area contributed by atoms with Gasteiger partial charge in [-0.15, -0.1) is 0 Å². The summed E-state index contributed by atoms with van der Waals surface area (Å²) in [7, 11) is -4.01. The van der Waals surface area contributed by atoms with Crippen molar-refractivity contribution < 1.29 is 12.6 Å². The van der Waals surface area contributed by atoms with Crippen molar-refractivity contribution >= 4 is 39.3 Å². The Labute approximate surface area is 240 Å².